The van der Waals surface area contributed by atoms with E-state index in [9.17, 15) is 0 Å². The summed E-state index contributed by atoms with van der Waals surface area (Å²) in [6, 6.07) is 13.4. The Morgan fingerprint density at radius 1 is 1.00 bits per heavy atom. The summed E-state index contributed by atoms with van der Waals surface area (Å²) in [5.74, 6) is 1.35. The van der Waals surface area contributed by atoms with Gasteiger partial charge < -0.3 is 25.2 Å². The molecule has 3 aromatic rings. The molecule has 0 spiro atoms. The van der Waals surface area contributed by atoms with Gasteiger partial charge in [0, 0.05) is 56.9 Å². The molecule has 2 aromatic heterocycles. The van der Waals surface area contributed by atoms with Gasteiger partial charge in [-0.2, -0.15) is 0 Å². The van der Waals surface area contributed by atoms with Crippen LogP contribution in [0.5, 0.6) is 5.75 Å². The topological polar surface area (TPSA) is 89.4 Å². The average Bonchev–Trinajstić information content (AvgIpc) is 2.82. The molecule has 0 bridgehead atoms. The second-order valence-corrected chi connectivity index (χ2v) is 7.69. The lowest BCUT2D eigenvalue weighted by Crippen LogP contribution is -2.28. The minimum Gasteiger partial charge on any atom is -0.494 e. The molecular formula is C24H31N7O. The molecule has 0 unspecified atom stereocenters. The van der Waals surface area contributed by atoms with E-state index < -0.39 is 0 Å². The van der Waals surface area contributed by atoms with Crippen LogP contribution in [-0.2, 0) is 0 Å². The van der Waals surface area contributed by atoms with Crippen LogP contribution in [0.2, 0.25) is 0 Å². The summed E-state index contributed by atoms with van der Waals surface area (Å²) in [6.45, 7) is 1.88. The molecule has 0 atom stereocenters. The molecule has 32 heavy (non-hydrogen) atoms. The molecule has 0 aliphatic heterocycles. The number of nitrogens with zero attached hydrogens (tertiary/aromatic N) is 4. The maximum absolute atomic E-state index is 8.62. The first-order chi connectivity index (χ1) is 15.4. The summed E-state index contributed by atoms with van der Waals surface area (Å²) in [4.78, 5) is 13.1. The predicted molar refractivity (Wildman–Crippen MR) is 132 cm³/mol. The van der Waals surface area contributed by atoms with Crippen LogP contribution < -0.4 is 20.3 Å². The molecule has 0 aliphatic rings. The Morgan fingerprint density at radius 3 is 2.53 bits per heavy atom. The third-order valence-corrected chi connectivity index (χ3v) is 5.13. The van der Waals surface area contributed by atoms with Gasteiger partial charge in [0.05, 0.1) is 24.2 Å². The van der Waals surface area contributed by atoms with E-state index in [4.69, 9.17) is 10.1 Å². The Morgan fingerprint density at radius 2 is 1.81 bits per heavy atom. The summed E-state index contributed by atoms with van der Waals surface area (Å²) >= 11 is 0. The van der Waals surface area contributed by atoms with Crippen molar-refractivity contribution in [3.8, 4) is 5.75 Å². The normalized spacial score (nSPS) is 10.7. The number of hydrogen-bond acceptors (Lipinski definition) is 8. The molecule has 0 radical (unpaired) electrons. The monoisotopic (exact) mass is 433 g/mol. The Labute approximate surface area is 189 Å². The number of methoxy groups -OCH3 is 1. The standard InChI is InChI=1S/C24H31N7O/c1-26-20-7-6-11-28-24(20)23(25)17-10-12-27-22(15-17)29-19-9-8-18(16-21(19)32-5)31(4)14-13-30(2)3/h6-12,15-16,25-26H,13-14H2,1-5H3,(H,27,29). The van der Waals surface area contributed by atoms with Gasteiger partial charge in [0.15, 0.2) is 0 Å². The lowest BCUT2D eigenvalue weighted by atomic mass is 10.1. The van der Waals surface area contributed by atoms with Crippen molar-refractivity contribution in [2.24, 2.45) is 0 Å². The van der Waals surface area contributed by atoms with E-state index >= 15 is 0 Å². The zero-order chi connectivity index (χ0) is 23.1. The summed E-state index contributed by atoms with van der Waals surface area (Å²) in [7, 11) is 9.68. The van der Waals surface area contributed by atoms with Crippen molar-refractivity contribution in [1.29, 1.82) is 5.41 Å². The fourth-order valence-electron chi connectivity index (χ4n) is 3.24. The van der Waals surface area contributed by atoms with Crippen LogP contribution in [0.15, 0.2) is 54.9 Å². The summed E-state index contributed by atoms with van der Waals surface area (Å²) in [5, 5.41) is 15.0. The number of rotatable bonds is 10. The Bertz CT molecular complexity index is 1070. The largest absolute Gasteiger partial charge is 0.494 e. The van der Waals surface area contributed by atoms with Gasteiger partial charge in [0.25, 0.3) is 0 Å². The highest BCUT2D eigenvalue weighted by atomic mass is 16.5. The smallest absolute Gasteiger partial charge is 0.144 e. The average molecular weight is 434 g/mol. The van der Waals surface area contributed by atoms with Crippen molar-refractivity contribution in [3.63, 3.8) is 0 Å². The van der Waals surface area contributed by atoms with Gasteiger partial charge in [-0.3, -0.25) is 10.4 Å². The first kappa shape index (κ1) is 23.0. The van der Waals surface area contributed by atoms with Crippen molar-refractivity contribution in [2.45, 2.75) is 0 Å². The first-order valence-corrected chi connectivity index (χ1v) is 10.4. The molecule has 0 saturated carbocycles. The van der Waals surface area contributed by atoms with E-state index in [0.717, 1.165) is 41.5 Å². The molecule has 0 aliphatic carbocycles. The van der Waals surface area contributed by atoms with Crippen LogP contribution in [0, 0.1) is 5.41 Å². The van der Waals surface area contributed by atoms with Crippen LogP contribution in [0.3, 0.4) is 0 Å². The van der Waals surface area contributed by atoms with Gasteiger partial charge in [-0.25, -0.2) is 4.98 Å². The summed E-state index contributed by atoms with van der Waals surface area (Å²) in [5.41, 5.74) is 4.32. The number of benzene rings is 1. The molecular weight excluding hydrogens is 402 g/mol. The van der Waals surface area contributed by atoms with E-state index in [1.807, 2.05) is 43.4 Å². The van der Waals surface area contributed by atoms with Crippen LogP contribution in [0.25, 0.3) is 0 Å². The predicted octanol–water partition coefficient (Wildman–Crippen LogP) is 3.68. The van der Waals surface area contributed by atoms with Gasteiger partial charge in [-0.05, 0) is 50.5 Å². The number of likely N-dealkylation sites (N-methyl/N-ethyl adjacent to an activating group) is 2. The van der Waals surface area contributed by atoms with Crippen LogP contribution in [0.1, 0.15) is 11.3 Å². The third-order valence-electron chi connectivity index (χ3n) is 5.13. The summed E-state index contributed by atoms with van der Waals surface area (Å²) in [6.07, 6.45) is 3.37. The molecule has 0 saturated heterocycles. The van der Waals surface area contributed by atoms with Crippen molar-refractivity contribution >= 4 is 28.6 Å². The quantitative estimate of drug-likeness (QED) is 0.420. The van der Waals surface area contributed by atoms with Crippen molar-refractivity contribution < 1.29 is 4.74 Å². The van der Waals surface area contributed by atoms with E-state index in [-0.39, 0.29) is 0 Å². The lowest BCUT2D eigenvalue weighted by molar-refractivity contribution is 0.413. The molecule has 3 N–H and O–H groups in total. The zero-order valence-electron chi connectivity index (χ0n) is 19.3. The molecule has 168 valence electrons. The van der Waals surface area contributed by atoms with Crippen LogP contribution in [0.4, 0.5) is 22.9 Å². The first-order valence-electron chi connectivity index (χ1n) is 10.4. The number of aromatic nitrogens is 2. The number of hydrogen-bond donors (Lipinski definition) is 3. The Balaban J connectivity index is 1.81. The molecule has 1 aromatic carbocycles. The number of pyridine rings is 2. The molecule has 2 heterocycles. The van der Waals surface area contributed by atoms with Gasteiger partial charge in [-0.15, -0.1) is 0 Å². The molecule has 3 rings (SSSR count). The fourth-order valence-corrected chi connectivity index (χ4v) is 3.24. The molecule has 8 nitrogen and oxygen atoms in total. The molecule has 0 amide bonds. The van der Waals surface area contributed by atoms with E-state index in [0.29, 0.717) is 17.2 Å². The minimum absolute atomic E-state index is 0.324. The Kier molecular flexibility index (Phi) is 7.62. The van der Waals surface area contributed by atoms with Crippen molar-refractivity contribution in [1.82, 2.24) is 14.9 Å². The van der Waals surface area contributed by atoms with Gasteiger partial charge in [-0.1, -0.05) is 0 Å². The highest BCUT2D eigenvalue weighted by molar-refractivity contribution is 6.12. The minimum atomic E-state index is 0.324. The maximum Gasteiger partial charge on any atom is 0.144 e. The second-order valence-electron chi connectivity index (χ2n) is 7.69. The van der Waals surface area contributed by atoms with Crippen LogP contribution >= 0.6 is 0 Å². The SMILES string of the molecule is CNc1cccnc1C(=N)c1ccnc(Nc2ccc(N(C)CCN(C)C)cc2OC)c1. The highest BCUT2D eigenvalue weighted by Gasteiger charge is 2.13. The van der Waals surface area contributed by atoms with Gasteiger partial charge in [0.1, 0.15) is 17.3 Å². The summed E-state index contributed by atoms with van der Waals surface area (Å²) < 4.78 is 5.62. The van der Waals surface area contributed by atoms with Gasteiger partial charge in [0.2, 0.25) is 0 Å². The Hall–Kier alpha value is -3.65. The number of nitrogens with one attached hydrogen (secondary N) is 3. The highest BCUT2D eigenvalue weighted by Crippen LogP contribution is 2.31. The van der Waals surface area contributed by atoms with E-state index in [2.05, 4.69) is 57.6 Å². The number of anilines is 4. The van der Waals surface area contributed by atoms with Crippen molar-refractivity contribution in [2.75, 3.05) is 63.9 Å². The third kappa shape index (κ3) is 5.53. The van der Waals surface area contributed by atoms with E-state index in [1.54, 1.807) is 19.5 Å². The lowest BCUT2D eigenvalue weighted by Gasteiger charge is -2.23. The number of ether oxygens (including phenoxy) is 1. The maximum atomic E-state index is 8.62. The van der Waals surface area contributed by atoms with E-state index in [1.165, 1.54) is 0 Å². The second kappa shape index (κ2) is 10.6. The zero-order valence-corrected chi connectivity index (χ0v) is 19.3. The molecule has 0 fully saturated rings. The molecule has 8 heteroatoms. The van der Waals surface area contributed by atoms with Crippen molar-refractivity contribution in [3.05, 3.63) is 66.1 Å². The van der Waals surface area contributed by atoms with Gasteiger partial charge >= 0.3 is 0 Å². The fraction of sp³-hybridized carbons (Fsp3) is 0.292. The van der Waals surface area contributed by atoms with Crippen LogP contribution in [-0.4, -0.2) is 69.0 Å².